The number of hydrogen-bond donors (Lipinski definition) is 2. The number of aromatic nitrogens is 4. The fourth-order valence-corrected chi connectivity index (χ4v) is 3.14. The van der Waals surface area contributed by atoms with Gasteiger partial charge in [-0.2, -0.15) is 0 Å². The van der Waals surface area contributed by atoms with Crippen LogP contribution in [0.4, 0.5) is 5.82 Å². The fourth-order valence-electron chi connectivity index (χ4n) is 3.01. The Morgan fingerprint density at radius 1 is 1.07 bits per heavy atom. The van der Waals surface area contributed by atoms with Crippen molar-refractivity contribution in [1.82, 2.24) is 19.6 Å². The predicted molar refractivity (Wildman–Crippen MR) is 111 cm³/mol. The monoisotopic (exact) mass is 393 g/mol. The number of nitrogens with one attached hydrogen (secondary N) is 1. The number of pyridine rings is 2. The summed E-state index contributed by atoms with van der Waals surface area (Å²) in [6.07, 6.45) is 4.42. The smallest absolute Gasteiger partial charge is 0.161 e. The largest absolute Gasteiger partial charge is 0.394 e. The highest BCUT2D eigenvalue weighted by molar-refractivity contribution is 6.30. The molecule has 0 bridgehead atoms. The van der Waals surface area contributed by atoms with Gasteiger partial charge in [0.25, 0.3) is 0 Å². The Morgan fingerprint density at radius 3 is 2.64 bits per heavy atom. The molecule has 0 radical (unpaired) electrons. The fraction of sp³-hybridized carbons (Fsp3) is 0.190. The van der Waals surface area contributed by atoms with Crippen molar-refractivity contribution in [3.8, 4) is 11.1 Å². The molecule has 0 fully saturated rings. The molecule has 3 heterocycles. The summed E-state index contributed by atoms with van der Waals surface area (Å²) in [5.74, 6) is 1.60. The van der Waals surface area contributed by atoms with Crippen molar-refractivity contribution in [2.24, 2.45) is 0 Å². The third-order valence-electron chi connectivity index (χ3n) is 4.52. The van der Waals surface area contributed by atoms with E-state index in [1.165, 1.54) is 0 Å². The minimum Gasteiger partial charge on any atom is -0.394 e. The Hall–Kier alpha value is -2.96. The summed E-state index contributed by atoms with van der Waals surface area (Å²) in [5.41, 5.74) is 3.97. The van der Waals surface area contributed by atoms with Crippen LogP contribution < -0.4 is 5.32 Å². The van der Waals surface area contributed by atoms with Crippen molar-refractivity contribution in [2.75, 3.05) is 11.9 Å². The normalized spacial score (nSPS) is 12.2. The molecule has 0 aliphatic heterocycles. The first-order valence-corrected chi connectivity index (χ1v) is 9.42. The zero-order valence-electron chi connectivity index (χ0n) is 15.4. The van der Waals surface area contributed by atoms with Crippen molar-refractivity contribution in [1.29, 1.82) is 0 Å². The molecule has 0 unspecified atom stereocenters. The van der Waals surface area contributed by atoms with E-state index in [1.807, 2.05) is 66.1 Å². The molecule has 0 spiro atoms. The average Bonchev–Trinajstić information content (AvgIpc) is 3.12. The van der Waals surface area contributed by atoms with Crippen LogP contribution in [0.15, 0.2) is 60.9 Å². The van der Waals surface area contributed by atoms with E-state index in [0.717, 1.165) is 39.0 Å². The van der Waals surface area contributed by atoms with Gasteiger partial charge in [0.2, 0.25) is 0 Å². The molecule has 28 heavy (non-hydrogen) atoms. The first-order chi connectivity index (χ1) is 13.6. The average molecular weight is 394 g/mol. The summed E-state index contributed by atoms with van der Waals surface area (Å²) < 4.78 is 1.99. The van der Waals surface area contributed by atoms with E-state index in [0.29, 0.717) is 6.42 Å². The Bertz CT molecular complexity index is 1090. The zero-order chi connectivity index (χ0) is 19.5. The number of hydrogen-bond acceptors (Lipinski definition) is 5. The lowest BCUT2D eigenvalue weighted by Gasteiger charge is -2.12. The van der Waals surface area contributed by atoms with Crippen LogP contribution in [-0.2, 0) is 6.42 Å². The molecular weight excluding hydrogens is 374 g/mol. The van der Waals surface area contributed by atoms with Crippen LogP contribution >= 0.6 is 11.6 Å². The summed E-state index contributed by atoms with van der Waals surface area (Å²) >= 11 is 5.96. The number of anilines is 1. The van der Waals surface area contributed by atoms with Crippen LogP contribution in [-0.4, -0.2) is 37.3 Å². The molecule has 2 N–H and O–H groups in total. The van der Waals surface area contributed by atoms with Gasteiger partial charge < -0.3 is 10.4 Å². The third kappa shape index (κ3) is 3.98. The number of rotatable bonds is 6. The van der Waals surface area contributed by atoms with Crippen molar-refractivity contribution in [2.45, 2.75) is 19.4 Å². The Kier molecular flexibility index (Phi) is 5.23. The van der Waals surface area contributed by atoms with Crippen molar-refractivity contribution < 1.29 is 5.11 Å². The molecule has 3 aromatic heterocycles. The topological polar surface area (TPSA) is 75.3 Å². The summed E-state index contributed by atoms with van der Waals surface area (Å²) in [6.45, 7) is 1.95. The van der Waals surface area contributed by atoms with Gasteiger partial charge in [0.1, 0.15) is 11.6 Å². The van der Waals surface area contributed by atoms with E-state index in [-0.39, 0.29) is 12.6 Å². The van der Waals surface area contributed by atoms with Gasteiger partial charge in [0, 0.05) is 29.9 Å². The van der Waals surface area contributed by atoms with Crippen molar-refractivity contribution in [3.05, 3.63) is 77.3 Å². The molecule has 142 valence electrons. The molecule has 4 aromatic rings. The number of aliphatic hydroxyl groups excluding tert-OH is 1. The summed E-state index contributed by atoms with van der Waals surface area (Å²) in [7, 11) is 0. The molecule has 6 nitrogen and oxygen atoms in total. The second kappa shape index (κ2) is 7.96. The minimum absolute atomic E-state index is 0.0496. The molecule has 1 aromatic carbocycles. The molecule has 0 saturated carbocycles. The Morgan fingerprint density at radius 2 is 1.86 bits per heavy atom. The van der Waals surface area contributed by atoms with Crippen molar-refractivity contribution in [3.63, 3.8) is 0 Å². The Balaban J connectivity index is 1.61. The van der Waals surface area contributed by atoms with Gasteiger partial charge in [-0.25, -0.2) is 4.98 Å². The van der Waals surface area contributed by atoms with E-state index in [1.54, 1.807) is 6.20 Å². The lowest BCUT2D eigenvalue weighted by Crippen LogP contribution is -2.19. The van der Waals surface area contributed by atoms with Gasteiger partial charge in [-0.1, -0.05) is 23.7 Å². The van der Waals surface area contributed by atoms with Gasteiger partial charge in [0.05, 0.1) is 6.61 Å². The lowest BCUT2D eigenvalue weighted by atomic mass is 10.1. The highest BCUT2D eigenvalue weighted by atomic mass is 35.5. The van der Waals surface area contributed by atoms with Crippen LogP contribution in [0.25, 0.3) is 16.8 Å². The summed E-state index contributed by atoms with van der Waals surface area (Å²) in [5, 5.41) is 21.8. The van der Waals surface area contributed by atoms with E-state index < -0.39 is 0 Å². The molecule has 0 saturated heterocycles. The van der Waals surface area contributed by atoms with Crippen LogP contribution in [0, 0.1) is 0 Å². The van der Waals surface area contributed by atoms with Gasteiger partial charge in [-0.05, 0) is 60.0 Å². The molecule has 0 amide bonds. The first kappa shape index (κ1) is 18.4. The van der Waals surface area contributed by atoms with E-state index >= 15 is 0 Å². The van der Waals surface area contributed by atoms with Crippen molar-refractivity contribution >= 4 is 23.1 Å². The standard InChI is InChI=1S/C21H20ClN5O/c1-14(13-28)24-19-11-16(6-8-23-19)17-7-9-27-20(25-26-21(27)12-17)10-15-2-4-18(22)5-3-15/h2-9,11-12,14,28H,10,13H2,1H3,(H,23,24)/t14-/m0/s1. The maximum atomic E-state index is 9.21. The highest BCUT2D eigenvalue weighted by Gasteiger charge is 2.09. The zero-order valence-corrected chi connectivity index (χ0v) is 16.1. The van der Waals surface area contributed by atoms with Gasteiger partial charge >= 0.3 is 0 Å². The van der Waals surface area contributed by atoms with Crippen LogP contribution in [0.2, 0.25) is 5.02 Å². The number of halogens is 1. The predicted octanol–water partition coefficient (Wildman–Crippen LogP) is 3.83. The Labute approximate surface area is 167 Å². The van der Waals surface area contributed by atoms with Gasteiger partial charge in [-0.3, -0.25) is 4.40 Å². The summed E-state index contributed by atoms with van der Waals surface area (Å²) in [4.78, 5) is 4.31. The first-order valence-electron chi connectivity index (χ1n) is 9.04. The maximum Gasteiger partial charge on any atom is 0.161 e. The van der Waals surface area contributed by atoms with E-state index in [9.17, 15) is 5.11 Å². The SMILES string of the molecule is C[C@@H](CO)Nc1cc(-c2ccn3c(Cc4ccc(Cl)cc4)nnc3c2)ccn1. The summed E-state index contributed by atoms with van der Waals surface area (Å²) in [6, 6.07) is 15.7. The second-order valence-corrected chi connectivity index (χ2v) is 7.16. The number of aliphatic hydroxyl groups is 1. The van der Waals surface area contributed by atoms with E-state index in [2.05, 4.69) is 20.5 Å². The minimum atomic E-state index is -0.0582. The quantitative estimate of drug-likeness (QED) is 0.520. The van der Waals surface area contributed by atoms with Gasteiger partial charge in [-0.15, -0.1) is 10.2 Å². The van der Waals surface area contributed by atoms with Gasteiger partial charge in [0.15, 0.2) is 5.65 Å². The molecule has 4 rings (SSSR count). The molecule has 7 heteroatoms. The number of fused-ring (bicyclic) bond motifs is 1. The number of nitrogens with zero attached hydrogens (tertiary/aromatic N) is 4. The molecular formula is C21H20ClN5O. The molecule has 0 aliphatic rings. The van der Waals surface area contributed by atoms with Crippen LogP contribution in [0.1, 0.15) is 18.3 Å². The molecule has 1 atom stereocenters. The number of benzene rings is 1. The maximum absolute atomic E-state index is 9.21. The molecule has 0 aliphatic carbocycles. The second-order valence-electron chi connectivity index (χ2n) is 6.72. The lowest BCUT2D eigenvalue weighted by molar-refractivity contribution is 0.281. The van der Waals surface area contributed by atoms with Crippen LogP contribution in [0.3, 0.4) is 0 Å². The third-order valence-corrected chi connectivity index (χ3v) is 4.77. The van der Waals surface area contributed by atoms with Crippen LogP contribution in [0.5, 0.6) is 0 Å². The highest BCUT2D eigenvalue weighted by Crippen LogP contribution is 2.23. The van der Waals surface area contributed by atoms with E-state index in [4.69, 9.17) is 11.6 Å².